The SMILES string of the molecule is CN1CCc2cc(C(=O)NCCCC(=O)O)ccc21. The number of hydrogen-bond donors (Lipinski definition) is 2. The summed E-state index contributed by atoms with van der Waals surface area (Å²) in [7, 11) is 2.04. The first kappa shape index (κ1) is 13.4. The number of anilines is 1. The fourth-order valence-corrected chi connectivity index (χ4v) is 2.25. The second-order valence-electron chi connectivity index (χ2n) is 4.77. The maximum absolute atomic E-state index is 11.9. The number of nitrogens with one attached hydrogen (secondary N) is 1. The summed E-state index contributed by atoms with van der Waals surface area (Å²) in [5.41, 5.74) is 3.02. The Balaban J connectivity index is 1.91. The number of aliphatic carboxylic acids is 1. The maximum atomic E-state index is 11.9. The van der Waals surface area contributed by atoms with Gasteiger partial charge in [-0.15, -0.1) is 0 Å². The molecule has 1 heterocycles. The number of carboxylic acids is 1. The number of hydrogen-bond acceptors (Lipinski definition) is 3. The van der Waals surface area contributed by atoms with E-state index in [-0.39, 0.29) is 12.3 Å². The van der Waals surface area contributed by atoms with Gasteiger partial charge in [0.05, 0.1) is 0 Å². The van der Waals surface area contributed by atoms with Crippen LogP contribution < -0.4 is 10.2 Å². The molecule has 0 aromatic heterocycles. The molecule has 1 amide bonds. The first-order valence-electron chi connectivity index (χ1n) is 6.42. The van der Waals surface area contributed by atoms with Crippen LogP contribution in [0.2, 0.25) is 0 Å². The minimum Gasteiger partial charge on any atom is -0.481 e. The van der Waals surface area contributed by atoms with Crippen molar-refractivity contribution in [3.63, 3.8) is 0 Å². The highest BCUT2D eigenvalue weighted by molar-refractivity contribution is 5.95. The molecule has 0 atom stereocenters. The quantitative estimate of drug-likeness (QED) is 0.784. The molecule has 5 heteroatoms. The molecule has 19 heavy (non-hydrogen) atoms. The molecule has 0 aliphatic carbocycles. The Morgan fingerprint density at radius 3 is 2.95 bits per heavy atom. The summed E-state index contributed by atoms with van der Waals surface area (Å²) in [6, 6.07) is 5.70. The summed E-state index contributed by atoms with van der Waals surface area (Å²) in [4.78, 5) is 24.4. The van der Waals surface area contributed by atoms with Crippen molar-refractivity contribution in [2.75, 3.05) is 25.0 Å². The summed E-state index contributed by atoms with van der Waals surface area (Å²) in [5.74, 6) is -0.974. The van der Waals surface area contributed by atoms with E-state index in [0.717, 1.165) is 13.0 Å². The zero-order chi connectivity index (χ0) is 13.8. The summed E-state index contributed by atoms with van der Waals surface area (Å²) in [6.07, 6.45) is 1.50. The fourth-order valence-electron chi connectivity index (χ4n) is 2.25. The van der Waals surface area contributed by atoms with Gasteiger partial charge in [-0.1, -0.05) is 0 Å². The average Bonchev–Trinajstić information content (AvgIpc) is 2.75. The summed E-state index contributed by atoms with van der Waals surface area (Å²) >= 11 is 0. The van der Waals surface area contributed by atoms with Crippen LogP contribution in [0.4, 0.5) is 5.69 Å². The monoisotopic (exact) mass is 262 g/mol. The fraction of sp³-hybridized carbons (Fsp3) is 0.429. The topological polar surface area (TPSA) is 69.6 Å². The molecule has 0 saturated carbocycles. The molecule has 0 radical (unpaired) electrons. The Kier molecular flexibility index (Phi) is 4.04. The van der Waals surface area contributed by atoms with Gasteiger partial charge < -0.3 is 15.3 Å². The van der Waals surface area contributed by atoms with Crippen LogP contribution >= 0.6 is 0 Å². The van der Waals surface area contributed by atoms with Crippen LogP contribution in [0.25, 0.3) is 0 Å². The molecule has 0 spiro atoms. The molecule has 102 valence electrons. The number of likely N-dealkylation sites (N-methyl/N-ethyl adjacent to an activating group) is 1. The lowest BCUT2D eigenvalue weighted by atomic mass is 10.1. The van der Waals surface area contributed by atoms with Gasteiger partial charge in [-0.3, -0.25) is 9.59 Å². The second-order valence-corrected chi connectivity index (χ2v) is 4.77. The number of benzene rings is 1. The number of carbonyl (C=O) groups excluding carboxylic acids is 1. The highest BCUT2D eigenvalue weighted by atomic mass is 16.4. The lowest BCUT2D eigenvalue weighted by molar-refractivity contribution is -0.137. The number of amides is 1. The first-order chi connectivity index (χ1) is 9.08. The van der Waals surface area contributed by atoms with Crippen molar-refractivity contribution in [3.8, 4) is 0 Å². The molecular weight excluding hydrogens is 244 g/mol. The molecule has 1 aromatic carbocycles. The van der Waals surface area contributed by atoms with Gasteiger partial charge in [0.2, 0.25) is 0 Å². The van der Waals surface area contributed by atoms with Crippen molar-refractivity contribution >= 4 is 17.6 Å². The highest BCUT2D eigenvalue weighted by Crippen LogP contribution is 2.27. The first-order valence-corrected chi connectivity index (χ1v) is 6.42. The predicted molar refractivity (Wildman–Crippen MR) is 72.6 cm³/mol. The van der Waals surface area contributed by atoms with Crippen molar-refractivity contribution in [2.45, 2.75) is 19.3 Å². The van der Waals surface area contributed by atoms with Crippen LogP contribution in [0.5, 0.6) is 0 Å². The van der Waals surface area contributed by atoms with E-state index < -0.39 is 5.97 Å². The smallest absolute Gasteiger partial charge is 0.303 e. The summed E-state index contributed by atoms with van der Waals surface area (Å²) in [6.45, 7) is 1.38. The lowest BCUT2D eigenvalue weighted by Crippen LogP contribution is -2.25. The van der Waals surface area contributed by atoms with Gasteiger partial charge in [-0.2, -0.15) is 0 Å². The van der Waals surface area contributed by atoms with Crippen LogP contribution in [0.15, 0.2) is 18.2 Å². The zero-order valence-corrected chi connectivity index (χ0v) is 11.0. The van der Waals surface area contributed by atoms with E-state index in [2.05, 4.69) is 10.2 Å². The van der Waals surface area contributed by atoms with E-state index in [0.29, 0.717) is 18.5 Å². The third kappa shape index (κ3) is 3.24. The second kappa shape index (κ2) is 5.73. The predicted octanol–water partition coefficient (Wildman–Crippen LogP) is 1.27. The normalized spacial score (nSPS) is 13.2. The Morgan fingerprint density at radius 1 is 1.42 bits per heavy atom. The van der Waals surface area contributed by atoms with Gasteiger partial charge in [0.15, 0.2) is 0 Å². The van der Waals surface area contributed by atoms with Gasteiger partial charge in [-0.05, 0) is 36.6 Å². The van der Waals surface area contributed by atoms with Crippen molar-refractivity contribution in [2.24, 2.45) is 0 Å². The van der Waals surface area contributed by atoms with Crippen molar-refractivity contribution in [3.05, 3.63) is 29.3 Å². The van der Waals surface area contributed by atoms with Crippen LogP contribution in [0.1, 0.15) is 28.8 Å². The number of carbonyl (C=O) groups is 2. The van der Waals surface area contributed by atoms with Gasteiger partial charge in [0.1, 0.15) is 0 Å². The minimum atomic E-state index is -0.838. The summed E-state index contributed by atoms with van der Waals surface area (Å²) in [5, 5.41) is 11.2. The molecule has 0 fully saturated rings. The zero-order valence-electron chi connectivity index (χ0n) is 11.0. The van der Waals surface area contributed by atoms with E-state index in [1.54, 1.807) is 0 Å². The van der Waals surface area contributed by atoms with E-state index >= 15 is 0 Å². The third-order valence-corrected chi connectivity index (χ3v) is 3.32. The number of fused-ring (bicyclic) bond motifs is 1. The largest absolute Gasteiger partial charge is 0.481 e. The van der Waals surface area contributed by atoms with Gasteiger partial charge >= 0.3 is 5.97 Å². The molecule has 0 unspecified atom stereocenters. The van der Waals surface area contributed by atoms with Gasteiger partial charge in [-0.25, -0.2) is 0 Å². The molecule has 5 nitrogen and oxygen atoms in total. The van der Waals surface area contributed by atoms with E-state index in [9.17, 15) is 9.59 Å². The van der Waals surface area contributed by atoms with Crippen LogP contribution in [0.3, 0.4) is 0 Å². The maximum Gasteiger partial charge on any atom is 0.303 e. The highest BCUT2D eigenvalue weighted by Gasteiger charge is 2.17. The van der Waals surface area contributed by atoms with Crippen molar-refractivity contribution < 1.29 is 14.7 Å². The lowest BCUT2D eigenvalue weighted by Gasteiger charge is -2.12. The molecule has 1 aromatic rings. The van der Waals surface area contributed by atoms with E-state index in [1.807, 2.05) is 25.2 Å². The summed E-state index contributed by atoms with van der Waals surface area (Å²) < 4.78 is 0. The molecule has 1 aliphatic heterocycles. The average molecular weight is 262 g/mol. The van der Waals surface area contributed by atoms with Crippen LogP contribution in [-0.4, -0.2) is 37.1 Å². The van der Waals surface area contributed by atoms with E-state index in [4.69, 9.17) is 5.11 Å². The Bertz CT molecular complexity index is 499. The Morgan fingerprint density at radius 2 is 2.21 bits per heavy atom. The van der Waals surface area contributed by atoms with Crippen molar-refractivity contribution in [1.82, 2.24) is 5.32 Å². The minimum absolute atomic E-state index is 0.0786. The van der Waals surface area contributed by atoms with Crippen LogP contribution in [0, 0.1) is 0 Å². The number of carboxylic acid groups (broad SMARTS) is 1. The third-order valence-electron chi connectivity index (χ3n) is 3.32. The Hall–Kier alpha value is -2.04. The molecular formula is C14H18N2O3. The van der Waals surface area contributed by atoms with Crippen LogP contribution in [-0.2, 0) is 11.2 Å². The molecule has 0 bridgehead atoms. The molecule has 1 aliphatic rings. The van der Waals surface area contributed by atoms with Gasteiger partial charge in [0, 0.05) is 37.8 Å². The van der Waals surface area contributed by atoms with E-state index in [1.165, 1.54) is 11.3 Å². The standard InChI is InChI=1S/C14H18N2O3/c1-16-8-6-10-9-11(4-5-12(10)16)14(19)15-7-2-3-13(17)18/h4-5,9H,2-3,6-8H2,1H3,(H,15,19)(H,17,18). The number of nitrogens with zero attached hydrogens (tertiary/aromatic N) is 1. The number of rotatable bonds is 5. The molecule has 2 N–H and O–H groups in total. The van der Waals surface area contributed by atoms with Crippen molar-refractivity contribution in [1.29, 1.82) is 0 Å². The molecule has 2 rings (SSSR count). The Labute approximate surface area is 112 Å². The molecule has 0 saturated heterocycles. The van der Waals surface area contributed by atoms with Gasteiger partial charge in [0.25, 0.3) is 5.91 Å².